The lowest BCUT2D eigenvalue weighted by Gasteiger charge is -1.45. The minimum atomic E-state index is 0. The third-order valence-electron chi connectivity index (χ3n) is 0.283. The SMILES string of the molecule is [B].c1ncon1. The van der Waals surface area contributed by atoms with E-state index < -0.39 is 0 Å². The maximum absolute atomic E-state index is 4.22. The Morgan fingerprint density at radius 2 is 2.33 bits per heavy atom. The summed E-state index contributed by atoms with van der Waals surface area (Å²) in [5.74, 6) is 0. The van der Waals surface area contributed by atoms with Gasteiger partial charge in [-0.2, -0.15) is 0 Å². The molecule has 0 saturated carbocycles. The summed E-state index contributed by atoms with van der Waals surface area (Å²) in [6, 6.07) is 0. The summed E-state index contributed by atoms with van der Waals surface area (Å²) in [4.78, 5) is 3.44. The van der Waals surface area contributed by atoms with Crippen molar-refractivity contribution in [3.63, 3.8) is 0 Å². The van der Waals surface area contributed by atoms with Gasteiger partial charge in [0, 0.05) is 8.41 Å². The van der Waals surface area contributed by atoms with Gasteiger partial charge >= 0.3 is 0 Å². The first-order valence-corrected chi connectivity index (χ1v) is 1.19. The van der Waals surface area contributed by atoms with Crippen LogP contribution in [0.3, 0.4) is 0 Å². The molecular weight excluding hydrogens is 78.8 g/mol. The van der Waals surface area contributed by atoms with Gasteiger partial charge in [0.05, 0.1) is 0 Å². The van der Waals surface area contributed by atoms with E-state index in [9.17, 15) is 0 Å². The van der Waals surface area contributed by atoms with E-state index in [1.54, 1.807) is 0 Å². The van der Waals surface area contributed by atoms with Crippen molar-refractivity contribution in [2.75, 3.05) is 0 Å². The normalized spacial score (nSPS) is 6.67. The number of aromatic nitrogens is 2. The Balaban J connectivity index is 0.000000250. The second kappa shape index (κ2) is 2.44. The second-order valence-electron chi connectivity index (χ2n) is 0.581. The highest BCUT2D eigenvalue weighted by molar-refractivity contribution is 5.75. The summed E-state index contributed by atoms with van der Waals surface area (Å²) < 4.78 is 4.22. The van der Waals surface area contributed by atoms with Crippen LogP contribution >= 0.6 is 0 Å². The predicted octanol–water partition coefficient (Wildman–Crippen LogP) is -0.311. The Morgan fingerprint density at radius 1 is 1.50 bits per heavy atom. The summed E-state index contributed by atoms with van der Waals surface area (Å²) >= 11 is 0. The first-order chi connectivity index (χ1) is 2.50. The van der Waals surface area contributed by atoms with Crippen LogP contribution in [-0.2, 0) is 0 Å². The van der Waals surface area contributed by atoms with Crippen LogP contribution in [0, 0.1) is 0 Å². The van der Waals surface area contributed by atoms with E-state index in [4.69, 9.17) is 0 Å². The van der Waals surface area contributed by atoms with Crippen molar-refractivity contribution >= 4 is 8.41 Å². The summed E-state index contributed by atoms with van der Waals surface area (Å²) in [5.41, 5.74) is 0. The number of nitrogens with zero attached hydrogens (tertiary/aromatic N) is 2. The molecule has 0 spiro atoms. The van der Waals surface area contributed by atoms with Crippen LogP contribution in [0.4, 0.5) is 0 Å². The van der Waals surface area contributed by atoms with E-state index in [0.29, 0.717) is 0 Å². The highest BCUT2D eigenvalue weighted by Crippen LogP contribution is 1.62. The van der Waals surface area contributed by atoms with Crippen LogP contribution in [0.5, 0.6) is 0 Å². The second-order valence-corrected chi connectivity index (χ2v) is 0.581. The Hall–Kier alpha value is -0.795. The molecule has 0 amide bonds. The van der Waals surface area contributed by atoms with Crippen molar-refractivity contribution in [1.29, 1.82) is 0 Å². The molecule has 0 aliphatic carbocycles. The van der Waals surface area contributed by atoms with E-state index in [-0.39, 0.29) is 8.41 Å². The zero-order chi connectivity index (χ0) is 3.54. The largest absolute Gasteiger partial charge is 0.343 e. The van der Waals surface area contributed by atoms with E-state index >= 15 is 0 Å². The molecule has 4 heteroatoms. The maximum atomic E-state index is 4.22. The van der Waals surface area contributed by atoms with Gasteiger partial charge in [0.15, 0.2) is 6.33 Å². The lowest BCUT2D eigenvalue weighted by molar-refractivity contribution is 0.416. The van der Waals surface area contributed by atoms with Crippen LogP contribution in [0.25, 0.3) is 0 Å². The molecule has 1 heterocycles. The number of hydrogen-bond donors (Lipinski definition) is 0. The van der Waals surface area contributed by atoms with Crippen molar-refractivity contribution in [3.05, 3.63) is 12.7 Å². The Bertz CT molecular complexity index is 68.0. The minimum Gasteiger partial charge on any atom is -0.343 e. The van der Waals surface area contributed by atoms with E-state index in [1.165, 1.54) is 12.7 Å². The molecule has 6 heavy (non-hydrogen) atoms. The average Bonchev–Trinajstić information content (AvgIpc) is 1.76. The molecule has 0 unspecified atom stereocenters. The lowest BCUT2D eigenvalue weighted by Crippen LogP contribution is -1.44. The standard InChI is InChI=1S/C2H2N2O.B/c1-3-2-5-4-1;/h1-2H;. The lowest BCUT2D eigenvalue weighted by atomic mass is 10.8. The van der Waals surface area contributed by atoms with Gasteiger partial charge in [0.25, 0.3) is 0 Å². The molecule has 0 aromatic carbocycles. The molecule has 3 radical (unpaired) electrons. The topological polar surface area (TPSA) is 38.9 Å². The monoisotopic (exact) mass is 81.0 g/mol. The molecule has 0 N–H and O–H groups in total. The van der Waals surface area contributed by atoms with Crippen LogP contribution < -0.4 is 0 Å². The van der Waals surface area contributed by atoms with Gasteiger partial charge in [-0.25, -0.2) is 4.98 Å². The summed E-state index contributed by atoms with van der Waals surface area (Å²) in [6.45, 7) is 0. The van der Waals surface area contributed by atoms with Crippen molar-refractivity contribution in [2.24, 2.45) is 0 Å². The van der Waals surface area contributed by atoms with Gasteiger partial charge < -0.3 is 4.52 Å². The summed E-state index contributed by atoms with van der Waals surface area (Å²) in [5, 5.41) is 3.24. The average molecular weight is 80.9 g/mol. The highest BCUT2D eigenvalue weighted by Gasteiger charge is 1.60. The van der Waals surface area contributed by atoms with Gasteiger partial charge in [-0.15, -0.1) is 0 Å². The van der Waals surface area contributed by atoms with Gasteiger partial charge in [-0.3, -0.25) is 0 Å². The van der Waals surface area contributed by atoms with Gasteiger partial charge in [0.1, 0.15) is 0 Å². The van der Waals surface area contributed by atoms with E-state index in [0.717, 1.165) is 0 Å². The zero-order valence-corrected chi connectivity index (χ0v) is 3.03. The molecule has 0 atom stereocenters. The minimum absolute atomic E-state index is 0. The molecule has 0 saturated heterocycles. The molecule has 0 aliphatic rings. The molecule has 1 aromatic rings. The Morgan fingerprint density at radius 3 is 2.50 bits per heavy atom. The number of rotatable bonds is 0. The first-order valence-electron chi connectivity index (χ1n) is 1.19. The molecule has 3 nitrogen and oxygen atoms in total. The van der Waals surface area contributed by atoms with Crippen LogP contribution in [0.1, 0.15) is 0 Å². The molecular formula is C2H2BN2O. The van der Waals surface area contributed by atoms with E-state index in [1.807, 2.05) is 0 Å². The van der Waals surface area contributed by atoms with Crippen molar-refractivity contribution in [2.45, 2.75) is 0 Å². The fourth-order valence-corrected chi connectivity index (χ4v) is 0.136. The van der Waals surface area contributed by atoms with Gasteiger partial charge in [-0.05, 0) is 0 Å². The predicted molar refractivity (Wildman–Crippen MR) is 20.1 cm³/mol. The summed E-state index contributed by atoms with van der Waals surface area (Å²) in [7, 11) is 0. The van der Waals surface area contributed by atoms with Crippen molar-refractivity contribution in [1.82, 2.24) is 10.1 Å². The molecule has 29 valence electrons. The highest BCUT2D eigenvalue weighted by atomic mass is 16.5. The fraction of sp³-hybridized carbons (Fsp3) is 0. The first kappa shape index (κ1) is 5.20. The van der Waals surface area contributed by atoms with Crippen LogP contribution in [0.2, 0.25) is 0 Å². The quantitative estimate of drug-likeness (QED) is 0.402. The Labute approximate surface area is 36.9 Å². The maximum Gasteiger partial charge on any atom is 0.213 e. The van der Waals surface area contributed by atoms with Crippen LogP contribution in [0.15, 0.2) is 17.2 Å². The molecule has 0 aliphatic heterocycles. The van der Waals surface area contributed by atoms with E-state index in [2.05, 4.69) is 14.7 Å². The van der Waals surface area contributed by atoms with Gasteiger partial charge in [-0.1, -0.05) is 5.16 Å². The smallest absolute Gasteiger partial charge is 0.213 e. The molecule has 1 aromatic heterocycles. The molecule has 0 bridgehead atoms. The molecule has 1 rings (SSSR count). The van der Waals surface area contributed by atoms with Crippen LogP contribution in [-0.4, -0.2) is 18.6 Å². The van der Waals surface area contributed by atoms with Crippen molar-refractivity contribution < 1.29 is 4.52 Å². The third-order valence-corrected chi connectivity index (χ3v) is 0.283. The third kappa shape index (κ3) is 0.881. The van der Waals surface area contributed by atoms with Gasteiger partial charge in [0.2, 0.25) is 6.39 Å². The Kier molecular flexibility index (Phi) is 2.12. The summed E-state index contributed by atoms with van der Waals surface area (Å²) in [6.07, 6.45) is 2.60. The zero-order valence-electron chi connectivity index (χ0n) is 3.03. The molecule has 0 fully saturated rings. The number of hydrogen-bond acceptors (Lipinski definition) is 3. The van der Waals surface area contributed by atoms with Crippen molar-refractivity contribution in [3.8, 4) is 0 Å². The fourth-order valence-electron chi connectivity index (χ4n) is 0.136.